The molecule has 0 aromatic heterocycles. The molecule has 2 aromatic rings. The molecular formula is C19H20N2O4. The molecule has 2 rings (SSSR count). The third kappa shape index (κ3) is 4.67. The largest absolute Gasteiger partial charge is 0.480 e. The van der Waals surface area contributed by atoms with Crippen molar-refractivity contribution in [3.63, 3.8) is 0 Å². The van der Waals surface area contributed by atoms with Crippen LogP contribution in [0.4, 0.5) is 5.69 Å². The SMILES string of the molecule is CC(C)[C@H](NC(=O)c1ccccc1NC(=O)c1ccccc1)C(=O)O. The number of hydrogen-bond donors (Lipinski definition) is 3. The van der Waals surface area contributed by atoms with Crippen LogP contribution in [0.2, 0.25) is 0 Å². The summed E-state index contributed by atoms with van der Waals surface area (Å²) in [6, 6.07) is 14.1. The smallest absolute Gasteiger partial charge is 0.326 e. The summed E-state index contributed by atoms with van der Waals surface area (Å²) in [5.41, 5.74) is 0.990. The van der Waals surface area contributed by atoms with Crippen molar-refractivity contribution in [1.29, 1.82) is 0 Å². The number of para-hydroxylation sites is 1. The molecule has 0 aliphatic heterocycles. The van der Waals surface area contributed by atoms with Crippen LogP contribution in [0.25, 0.3) is 0 Å². The number of anilines is 1. The molecule has 6 nitrogen and oxygen atoms in total. The first-order chi connectivity index (χ1) is 11.9. The van der Waals surface area contributed by atoms with E-state index in [0.717, 1.165) is 0 Å². The van der Waals surface area contributed by atoms with Crippen LogP contribution in [0.3, 0.4) is 0 Å². The Labute approximate surface area is 145 Å². The summed E-state index contributed by atoms with van der Waals surface area (Å²) in [6.07, 6.45) is 0. The maximum atomic E-state index is 12.5. The lowest BCUT2D eigenvalue weighted by molar-refractivity contribution is -0.140. The van der Waals surface area contributed by atoms with Gasteiger partial charge in [-0.25, -0.2) is 4.79 Å². The first-order valence-electron chi connectivity index (χ1n) is 7.89. The summed E-state index contributed by atoms with van der Waals surface area (Å²) < 4.78 is 0. The molecule has 2 amide bonds. The van der Waals surface area contributed by atoms with Crippen molar-refractivity contribution in [2.45, 2.75) is 19.9 Å². The molecule has 0 aliphatic carbocycles. The van der Waals surface area contributed by atoms with Crippen molar-refractivity contribution in [3.8, 4) is 0 Å². The topological polar surface area (TPSA) is 95.5 Å². The Bertz CT molecular complexity index is 772. The quantitative estimate of drug-likeness (QED) is 0.753. The minimum absolute atomic E-state index is 0.207. The lowest BCUT2D eigenvalue weighted by Crippen LogP contribution is -2.44. The first-order valence-corrected chi connectivity index (χ1v) is 7.89. The van der Waals surface area contributed by atoms with E-state index >= 15 is 0 Å². The third-order valence-electron chi connectivity index (χ3n) is 3.68. The van der Waals surface area contributed by atoms with Crippen molar-refractivity contribution in [2.24, 2.45) is 5.92 Å². The molecule has 0 aliphatic rings. The van der Waals surface area contributed by atoms with E-state index in [9.17, 15) is 19.5 Å². The molecule has 25 heavy (non-hydrogen) atoms. The molecule has 0 saturated heterocycles. The fourth-order valence-electron chi connectivity index (χ4n) is 2.31. The van der Waals surface area contributed by atoms with Crippen LogP contribution in [-0.4, -0.2) is 28.9 Å². The lowest BCUT2D eigenvalue weighted by atomic mass is 10.0. The predicted octanol–water partition coefficient (Wildman–Crippen LogP) is 2.78. The van der Waals surface area contributed by atoms with Crippen LogP contribution in [-0.2, 0) is 4.79 Å². The number of amides is 2. The zero-order valence-corrected chi connectivity index (χ0v) is 14.0. The average Bonchev–Trinajstić information content (AvgIpc) is 2.60. The zero-order chi connectivity index (χ0) is 18.4. The number of aliphatic carboxylic acids is 1. The normalized spacial score (nSPS) is 11.6. The molecule has 130 valence electrons. The second-order valence-electron chi connectivity index (χ2n) is 5.90. The predicted molar refractivity (Wildman–Crippen MR) is 94.6 cm³/mol. The zero-order valence-electron chi connectivity index (χ0n) is 14.0. The summed E-state index contributed by atoms with van der Waals surface area (Å²) in [7, 11) is 0. The van der Waals surface area contributed by atoms with Gasteiger partial charge in [-0.15, -0.1) is 0 Å². The van der Waals surface area contributed by atoms with Gasteiger partial charge < -0.3 is 15.7 Å². The van der Waals surface area contributed by atoms with Gasteiger partial charge in [-0.3, -0.25) is 9.59 Å². The standard InChI is InChI=1S/C19H20N2O4/c1-12(2)16(19(24)25)21-18(23)14-10-6-7-11-15(14)20-17(22)13-8-4-3-5-9-13/h3-12,16H,1-2H3,(H,20,22)(H,21,23)(H,24,25)/t16-/m0/s1. The van der Waals surface area contributed by atoms with Gasteiger partial charge in [0.15, 0.2) is 0 Å². The highest BCUT2D eigenvalue weighted by Gasteiger charge is 2.25. The Morgan fingerprint density at radius 1 is 0.880 bits per heavy atom. The summed E-state index contributed by atoms with van der Waals surface area (Å²) >= 11 is 0. The van der Waals surface area contributed by atoms with E-state index in [1.807, 2.05) is 0 Å². The first kappa shape index (κ1) is 18.2. The molecule has 2 aromatic carbocycles. The molecule has 0 heterocycles. The van der Waals surface area contributed by atoms with Gasteiger partial charge in [-0.2, -0.15) is 0 Å². The van der Waals surface area contributed by atoms with E-state index in [4.69, 9.17) is 0 Å². The summed E-state index contributed by atoms with van der Waals surface area (Å²) in [5, 5.41) is 14.4. The van der Waals surface area contributed by atoms with Crippen LogP contribution in [0.1, 0.15) is 34.6 Å². The Hall–Kier alpha value is -3.15. The van der Waals surface area contributed by atoms with Gasteiger partial charge in [0.1, 0.15) is 6.04 Å². The second-order valence-corrected chi connectivity index (χ2v) is 5.90. The van der Waals surface area contributed by atoms with Gasteiger partial charge >= 0.3 is 5.97 Å². The number of hydrogen-bond acceptors (Lipinski definition) is 3. The van der Waals surface area contributed by atoms with E-state index in [0.29, 0.717) is 11.3 Å². The van der Waals surface area contributed by atoms with Crippen molar-refractivity contribution >= 4 is 23.5 Å². The monoisotopic (exact) mass is 340 g/mol. The van der Waals surface area contributed by atoms with Gasteiger partial charge in [0.05, 0.1) is 11.3 Å². The highest BCUT2D eigenvalue weighted by Crippen LogP contribution is 2.17. The molecule has 0 saturated carbocycles. The summed E-state index contributed by atoms with van der Waals surface area (Å²) in [4.78, 5) is 36.0. The number of rotatable bonds is 6. The van der Waals surface area contributed by atoms with Gasteiger partial charge in [0, 0.05) is 5.56 Å². The third-order valence-corrected chi connectivity index (χ3v) is 3.68. The number of carbonyl (C=O) groups is 3. The van der Waals surface area contributed by atoms with E-state index in [2.05, 4.69) is 10.6 Å². The Morgan fingerprint density at radius 3 is 2.08 bits per heavy atom. The molecular weight excluding hydrogens is 320 g/mol. The second kappa shape index (κ2) is 8.10. The molecule has 0 radical (unpaired) electrons. The molecule has 6 heteroatoms. The van der Waals surface area contributed by atoms with Crippen molar-refractivity contribution in [2.75, 3.05) is 5.32 Å². The van der Waals surface area contributed by atoms with Crippen LogP contribution in [0.5, 0.6) is 0 Å². The van der Waals surface area contributed by atoms with E-state index in [1.165, 1.54) is 6.07 Å². The molecule has 0 fully saturated rings. The minimum Gasteiger partial charge on any atom is -0.480 e. The number of carboxylic acid groups (broad SMARTS) is 1. The fourth-order valence-corrected chi connectivity index (χ4v) is 2.31. The van der Waals surface area contributed by atoms with E-state index in [1.54, 1.807) is 62.4 Å². The van der Waals surface area contributed by atoms with E-state index in [-0.39, 0.29) is 17.4 Å². The molecule has 0 bridgehead atoms. The number of nitrogens with one attached hydrogen (secondary N) is 2. The van der Waals surface area contributed by atoms with Crippen molar-refractivity contribution in [1.82, 2.24) is 5.32 Å². The van der Waals surface area contributed by atoms with Crippen LogP contribution >= 0.6 is 0 Å². The number of carboxylic acids is 1. The number of carbonyl (C=O) groups excluding carboxylic acids is 2. The van der Waals surface area contributed by atoms with Crippen molar-refractivity contribution in [3.05, 3.63) is 65.7 Å². The summed E-state index contributed by atoms with van der Waals surface area (Å²) in [6.45, 7) is 3.42. The maximum Gasteiger partial charge on any atom is 0.326 e. The highest BCUT2D eigenvalue weighted by atomic mass is 16.4. The van der Waals surface area contributed by atoms with Gasteiger partial charge in [-0.1, -0.05) is 44.2 Å². The minimum atomic E-state index is -1.10. The molecule has 0 spiro atoms. The van der Waals surface area contributed by atoms with Crippen LogP contribution in [0, 0.1) is 5.92 Å². The lowest BCUT2D eigenvalue weighted by Gasteiger charge is -2.19. The molecule has 0 unspecified atom stereocenters. The maximum absolute atomic E-state index is 12.5. The molecule has 1 atom stereocenters. The fraction of sp³-hybridized carbons (Fsp3) is 0.211. The van der Waals surface area contributed by atoms with Gasteiger partial charge in [0.2, 0.25) is 0 Å². The Balaban J connectivity index is 2.21. The molecule has 3 N–H and O–H groups in total. The van der Waals surface area contributed by atoms with Crippen molar-refractivity contribution < 1.29 is 19.5 Å². The van der Waals surface area contributed by atoms with Gasteiger partial charge in [-0.05, 0) is 30.2 Å². The Kier molecular flexibility index (Phi) is 5.89. The van der Waals surface area contributed by atoms with Gasteiger partial charge in [0.25, 0.3) is 11.8 Å². The van der Waals surface area contributed by atoms with Crippen LogP contribution < -0.4 is 10.6 Å². The summed E-state index contributed by atoms with van der Waals surface area (Å²) in [5.74, 6) is -2.27. The Morgan fingerprint density at radius 2 is 1.48 bits per heavy atom. The number of benzene rings is 2. The van der Waals surface area contributed by atoms with Crippen LogP contribution in [0.15, 0.2) is 54.6 Å². The van der Waals surface area contributed by atoms with E-state index < -0.39 is 17.9 Å². The highest BCUT2D eigenvalue weighted by molar-refractivity contribution is 6.09. The average molecular weight is 340 g/mol.